The molecule has 1 atom stereocenters. The number of halogens is 1. The molecule has 6 heteroatoms. The van der Waals surface area contributed by atoms with Crippen LogP contribution in [0.1, 0.15) is 23.6 Å². The lowest BCUT2D eigenvalue weighted by atomic mass is 10.0. The van der Waals surface area contributed by atoms with Gasteiger partial charge in [-0.1, -0.05) is 48.0 Å². The van der Waals surface area contributed by atoms with E-state index in [2.05, 4.69) is 10.4 Å². The van der Waals surface area contributed by atoms with Crippen LogP contribution in [0.5, 0.6) is 0 Å². The second-order valence-corrected chi connectivity index (χ2v) is 7.36. The van der Waals surface area contributed by atoms with Gasteiger partial charge in [-0.05, 0) is 35.7 Å². The quantitative estimate of drug-likeness (QED) is 0.718. The van der Waals surface area contributed by atoms with Gasteiger partial charge in [0.25, 0.3) is 0 Å². The van der Waals surface area contributed by atoms with E-state index in [-0.39, 0.29) is 11.9 Å². The molecule has 1 fully saturated rings. The molecule has 4 rings (SSSR count). The highest BCUT2D eigenvalue weighted by Crippen LogP contribution is 2.29. The van der Waals surface area contributed by atoms with E-state index < -0.39 is 0 Å². The molecule has 144 valence electrons. The van der Waals surface area contributed by atoms with Crippen molar-refractivity contribution in [3.8, 4) is 5.69 Å². The molecule has 1 unspecified atom stereocenters. The van der Waals surface area contributed by atoms with Crippen LogP contribution in [0.15, 0.2) is 67.0 Å². The number of nitrogens with one attached hydrogen (secondary N) is 1. The molecule has 0 bridgehead atoms. The van der Waals surface area contributed by atoms with Crippen molar-refractivity contribution in [1.29, 1.82) is 0 Å². The van der Waals surface area contributed by atoms with Gasteiger partial charge in [-0.15, -0.1) is 0 Å². The Hall–Kier alpha value is -2.63. The normalized spacial score (nSPS) is 16.9. The standard InChI is InChI=1S/C22H23ClN4O/c23-20-9-5-4-8-19(20)21-15-24-12-13-26(21)22(28)11-10-17-14-25-27(16-17)18-6-2-1-3-7-18/h1-9,14,16,21,24H,10-13,15H2. The van der Waals surface area contributed by atoms with Gasteiger partial charge in [0.1, 0.15) is 0 Å². The molecule has 1 amide bonds. The Labute approximate surface area is 169 Å². The van der Waals surface area contributed by atoms with E-state index in [0.717, 1.165) is 29.9 Å². The van der Waals surface area contributed by atoms with Crippen molar-refractivity contribution in [2.45, 2.75) is 18.9 Å². The Morgan fingerprint density at radius 3 is 2.75 bits per heavy atom. The molecule has 1 aliphatic heterocycles. The molecule has 0 spiro atoms. The summed E-state index contributed by atoms with van der Waals surface area (Å²) in [5.41, 5.74) is 3.07. The fourth-order valence-corrected chi connectivity index (χ4v) is 3.89. The van der Waals surface area contributed by atoms with E-state index in [1.54, 1.807) is 0 Å². The largest absolute Gasteiger partial charge is 0.333 e. The fraction of sp³-hybridized carbons (Fsp3) is 0.273. The highest BCUT2D eigenvalue weighted by Gasteiger charge is 2.28. The molecule has 0 saturated carbocycles. The molecule has 0 radical (unpaired) electrons. The molecular weight excluding hydrogens is 372 g/mol. The monoisotopic (exact) mass is 394 g/mol. The van der Waals surface area contributed by atoms with Gasteiger partial charge < -0.3 is 10.2 Å². The summed E-state index contributed by atoms with van der Waals surface area (Å²) in [7, 11) is 0. The Balaban J connectivity index is 1.43. The van der Waals surface area contributed by atoms with Crippen molar-refractivity contribution < 1.29 is 4.79 Å². The number of piperazine rings is 1. The average Bonchev–Trinajstić information content (AvgIpc) is 3.22. The number of benzene rings is 2. The summed E-state index contributed by atoms with van der Waals surface area (Å²) in [5, 5.41) is 8.50. The van der Waals surface area contributed by atoms with Crippen LogP contribution >= 0.6 is 11.6 Å². The van der Waals surface area contributed by atoms with Crippen LogP contribution in [0.3, 0.4) is 0 Å². The van der Waals surface area contributed by atoms with Crippen molar-refractivity contribution in [2.75, 3.05) is 19.6 Å². The average molecular weight is 395 g/mol. The molecule has 2 aromatic carbocycles. The first-order chi connectivity index (χ1) is 13.7. The molecule has 28 heavy (non-hydrogen) atoms. The van der Waals surface area contributed by atoms with Gasteiger partial charge >= 0.3 is 0 Å². The summed E-state index contributed by atoms with van der Waals surface area (Å²) in [4.78, 5) is 14.9. The van der Waals surface area contributed by atoms with Crippen molar-refractivity contribution in [3.05, 3.63) is 83.1 Å². The third-order valence-electron chi connectivity index (χ3n) is 5.11. The fourth-order valence-electron chi connectivity index (χ4n) is 3.63. The first-order valence-electron chi connectivity index (χ1n) is 9.56. The van der Waals surface area contributed by atoms with E-state index in [9.17, 15) is 4.79 Å². The summed E-state index contributed by atoms with van der Waals surface area (Å²) >= 11 is 6.38. The number of nitrogens with zero attached hydrogens (tertiary/aromatic N) is 3. The number of hydrogen-bond acceptors (Lipinski definition) is 3. The van der Waals surface area contributed by atoms with E-state index >= 15 is 0 Å². The second-order valence-electron chi connectivity index (χ2n) is 6.96. The molecule has 0 aliphatic carbocycles. The van der Waals surface area contributed by atoms with E-state index in [1.807, 2.05) is 76.6 Å². The zero-order valence-corrected chi connectivity index (χ0v) is 16.3. The van der Waals surface area contributed by atoms with Crippen LogP contribution in [-0.4, -0.2) is 40.2 Å². The summed E-state index contributed by atoms with van der Waals surface area (Å²) in [6.07, 6.45) is 4.96. The van der Waals surface area contributed by atoms with Gasteiger partial charge in [-0.2, -0.15) is 5.10 Å². The molecule has 1 N–H and O–H groups in total. The lowest BCUT2D eigenvalue weighted by Crippen LogP contribution is -2.48. The van der Waals surface area contributed by atoms with E-state index in [4.69, 9.17) is 11.6 Å². The van der Waals surface area contributed by atoms with Crippen LogP contribution in [0, 0.1) is 0 Å². The molecule has 1 aliphatic rings. The lowest BCUT2D eigenvalue weighted by Gasteiger charge is -2.37. The Kier molecular flexibility index (Phi) is 5.74. The number of carbonyl (C=O) groups is 1. The number of para-hydroxylation sites is 1. The van der Waals surface area contributed by atoms with Gasteiger partial charge in [0.15, 0.2) is 0 Å². The smallest absolute Gasteiger partial charge is 0.223 e. The van der Waals surface area contributed by atoms with E-state index in [1.165, 1.54) is 0 Å². The van der Waals surface area contributed by atoms with Crippen LogP contribution in [0.25, 0.3) is 5.69 Å². The van der Waals surface area contributed by atoms with E-state index in [0.29, 0.717) is 24.4 Å². The highest BCUT2D eigenvalue weighted by molar-refractivity contribution is 6.31. The maximum absolute atomic E-state index is 13.0. The first kappa shape index (κ1) is 18.7. The van der Waals surface area contributed by atoms with Gasteiger partial charge in [0.05, 0.1) is 17.9 Å². The predicted octanol–water partition coefficient (Wildman–Crippen LogP) is 3.63. The zero-order chi connectivity index (χ0) is 19.3. The third-order valence-corrected chi connectivity index (χ3v) is 5.46. The third kappa shape index (κ3) is 4.11. The Morgan fingerprint density at radius 1 is 1.14 bits per heavy atom. The minimum absolute atomic E-state index is 0.0259. The Bertz CT molecular complexity index is 940. The molecule has 2 heterocycles. The van der Waals surface area contributed by atoms with Gasteiger partial charge in [0.2, 0.25) is 5.91 Å². The van der Waals surface area contributed by atoms with Crippen LogP contribution in [0.2, 0.25) is 5.02 Å². The maximum atomic E-state index is 13.0. The Morgan fingerprint density at radius 2 is 1.93 bits per heavy atom. The number of carbonyl (C=O) groups excluding carboxylic acids is 1. The predicted molar refractivity (Wildman–Crippen MR) is 111 cm³/mol. The SMILES string of the molecule is O=C(CCc1cnn(-c2ccccc2)c1)N1CCNCC1c1ccccc1Cl. The minimum atomic E-state index is -0.0259. The van der Waals surface area contributed by atoms with Crippen molar-refractivity contribution in [2.24, 2.45) is 0 Å². The van der Waals surface area contributed by atoms with Gasteiger partial charge in [0, 0.05) is 37.3 Å². The molecule has 3 aromatic rings. The number of amides is 1. The molecular formula is C22H23ClN4O. The van der Waals surface area contributed by atoms with Crippen LogP contribution < -0.4 is 5.32 Å². The summed E-state index contributed by atoms with van der Waals surface area (Å²) in [5.74, 6) is 0.152. The number of aromatic nitrogens is 2. The molecule has 5 nitrogen and oxygen atoms in total. The number of aryl methyl sites for hydroxylation is 1. The second kappa shape index (κ2) is 8.59. The first-order valence-corrected chi connectivity index (χ1v) is 9.94. The van der Waals surface area contributed by atoms with Crippen molar-refractivity contribution in [3.63, 3.8) is 0 Å². The van der Waals surface area contributed by atoms with Crippen molar-refractivity contribution in [1.82, 2.24) is 20.0 Å². The van der Waals surface area contributed by atoms with Crippen molar-refractivity contribution >= 4 is 17.5 Å². The van der Waals surface area contributed by atoms with Gasteiger partial charge in [-0.25, -0.2) is 4.68 Å². The zero-order valence-electron chi connectivity index (χ0n) is 15.6. The minimum Gasteiger partial charge on any atom is -0.333 e. The molecule has 1 saturated heterocycles. The van der Waals surface area contributed by atoms with Crippen LogP contribution in [-0.2, 0) is 11.2 Å². The summed E-state index contributed by atoms with van der Waals surface area (Å²) < 4.78 is 1.84. The van der Waals surface area contributed by atoms with Crippen LogP contribution in [0.4, 0.5) is 0 Å². The van der Waals surface area contributed by atoms with Gasteiger partial charge in [-0.3, -0.25) is 4.79 Å². The number of hydrogen-bond donors (Lipinski definition) is 1. The summed E-state index contributed by atoms with van der Waals surface area (Å²) in [6.45, 7) is 2.22. The highest BCUT2D eigenvalue weighted by atomic mass is 35.5. The maximum Gasteiger partial charge on any atom is 0.223 e. The molecule has 1 aromatic heterocycles. The number of rotatable bonds is 5. The lowest BCUT2D eigenvalue weighted by molar-refractivity contribution is -0.134. The summed E-state index contributed by atoms with van der Waals surface area (Å²) in [6, 6.07) is 17.7. The topological polar surface area (TPSA) is 50.2 Å².